The predicted molar refractivity (Wildman–Crippen MR) is 115 cm³/mol. The highest BCUT2D eigenvalue weighted by Gasteiger charge is 2.25. The monoisotopic (exact) mass is 417 g/mol. The molecule has 10 nitrogen and oxygen atoms in total. The number of hydrogen-bond acceptors (Lipinski definition) is 7. The summed E-state index contributed by atoms with van der Waals surface area (Å²) in [7, 11) is 4.90. The number of hydrogen-bond donors (Lipinski definition) is 0. The maximum atomic E-state index is 12.5. The lowest BCUT2D eigenvalue weighted by Crippen LogP contribution is -2.52. The summed E-state index contributed by atoms with van der Waals surface area (Å²) < 4.78 is 4.27. The number of fused-ring (bicyclic) bond motifs is 1. The van der Waals surface area contributed by atoms with E-state index in [2.05, 4.69) is 39.7 Å². The minimum Gasteiger partial charge on any atom is -0.363 e. The smallest absolute Gasteiger partial charge is 0.332 e. The fourth-order valence-corrected chi connectivity index (χ4v) is 4.15. The van der Waals surface area contributed by atoms with E-state index >= 15 is 0 Å². The quantitative estimate of drug-likeness (QED) is 0.561. The van der Waals surface area contributed by atoms with Crippen LogP contribution in [0, 0.1) is 0 Å². The molecule has 1 aliphatic rings. The van der Waals surface area contributed by atoms with Crippen LogP contribution in [-0.4, -0.2) is 78.8 Å². The van der Waals surface area contributed by atoms with Crippen molar-refractivity contribution in [2.75, 3.05) is 39.3 Å². The van der Waals surface area contributed by atoms with Crippen LogP contribution >= 0.6 is 0 Å². The molecule has 0 unspecified atom stereocenters. The minimum absolute atomic E-state index is 0.340. The third kappa shape index (κ3) is 3.86. The summed E-state index contributed by atoms with van der Waals surface area (Å²) in [4.78, 5) is 42.8. The number of aryl methyl sites for hydroxylation is 3. The second-order valence-electron chi connectivity index (χ2n) is 7.63. The summed E-state index contributed by atoms with van der Waals surface area (Å²) in [5.74, 6) is 2.87. The van der Waals surface area contributed by atoms with Crippen LogP contribution in [0.15, 0.2) is 15.3 Å². The van der Waals surface area contributed by atoms with Gasteiger partial charge in [-0.15, -0.1) is 0 Å². The third-order valence-electron chi connectivity index (χ3n) is 5.99. The topological polar surface area (TPSA) is 88.6 Å². The molecule has 1 saturated heterocycles. The van der Waals surface area contributed by atoms with Gasteiger partial charge in [-0.3, -0.25) is 13.9 Å². The summed E-state index contributed by atoms with van der Waals surface area (Å²) in [6.45, 7) is 9.00. The molecule has 1 aliphatic heterocycles. The van der Waals surface area contributed by atoms with E-state index in [0.717, 1.165) is 49.5 Å². The fourth-order valence-electron chi connectivity index (χ4n) is 4.15. The molecular formula is C20H31N7O3. The molecule has 0 aliphatic carbocycles. The number of carbonyl (C=O) groups excluding carboxylic acids is 1. The molecule has 0 spiro atoms. The van der Waals surface area contributed by atoms with Gasteiger partial charge in [0.15, 0.2) is 11.2 Å². The zero-order chi connectivity index (χ0) is 22.0. The molecule has 0 N–H and O–H groups in total. The van der Waals surface area contributed by atoms with Gasteiger partial charge in [-0.1, -0.05) is 13.8 Å². The van der Waals surface area contributed by atoms with Crippen molar-refractivity contribution >= 4 is 17.1 Å². The van der Waals surface area contributed by atoms with Crippen molar-refractivity contribution in [2.24, 2.45) is 21.1 Å². The van der Waals surface area contributed by atoms with Crippen LogP contribution in [0.5, 0.6) is 0 Å². The molecule has 2 aromatic heterocycles. The highest BCUT2D eigenvalue weighted by atomic mass is 16.2. The first-order chi connectivity index (χ1) is 14.3. The van der Waals surface area contributed by atoms with E-state index in [-0.39, 0.29) is 11.2 Å². The van der Waals surface area contributed by atoms with Crippen molar-refractivity contribution in [3.63, 3.8) is 0 Å². The summed E-state index contributed by atoms with van der Waals surface area (Å²) in [6, 6.07) is 0. The molecule has 3 rings (SSSR count). The number of nitrogens with zero attached hydrogens (tertiary/aromatic N) is 7. The van der Waals surface area contributed by atoms with Crippen LogP contribution in [0.1, 0.15) is 26.1 Å². The van der Waals surface area contributed by atoms with Crippen molar-refractivity contribution < 1.29 is 4.79 Å². The lowest BCUT2D eigenvalue weighted by molar-refractivity contribution is -0.0339. The van der Waals surface area contributed by atoms with Crippen molar-refractivity contribution in [3.8, 4) is 0 Å². The highest BCUT2D eigenvalue weighted by Crippen LogP contribution is 2.15. The molecule has 164 valence electrons. The molecule has 1 fully saturated rings. The maximum absolute atomic E-state index is 12.5. The third-order valence-corrected chi connectivity index (χ3v) is 5.99. The molecule has 0 amide bonds. The number of imidazole rings is 1. The van der Waals surface area contributed by atoms with Crippen molar-refractivity contribution in [3.05, 3.63) is 32.4 Å². The molecule has 10 heteroatoms. The Balaban J connectivity index is 1.71. The average molecular weight is 418 g/mol. The van der Waals surface area contributed by atoms with E-state index in [9.17, 15) is 14.4 Å². The van der Waals surface area contributed by atoms with Gasteiger partial charge in [-0.25, -0.2) is 24.6 Å². The van der Waals surface area contributed by atoms with Crippen LogP contribution in [0.4, 0.5) is 0 Å². The molecule has 0 bridgehead atoms. The van der Waals surface area contributed by atoms with Crippen molar-refractivity contribution in [1.82, 2.24) is 33.6 Å². The van der Waals surface area contributed by atoms with Crippen LogP contribution < -0.4 is 11.2 Å². The van der Waals surface area contributed by atoms with E-state index in [1.807, 2.05) is 0 Å². The summed E-state index contributed by atoms with van der Waals surface area (Å²) in [5, 5.41) is 4.44. The predicted octanol–water partition coefficient (Wildman–Crippen LogP) is -0.507. The zero-order valence-corrected chi connectivity index (χ0v) is 18.5. The Morgan fingerprint density at radius 3 is 2.37 bits per heavy atom. The molecule has 0 saturated carbocycles. The van der Waals surface area contributed by atoms with Gasteiger partial charge in [0.2, 0.25) is 0 Å². The average Bonchev–Trinajstić information content (AvgIpc) is 3.08. The molecule has 2 aromatic rings. The molecule has 30 heavy (non-hydrogen) atoms. The number of piperazine rings is 1. The lowest BCUT2D eigenvalue weighted by atomic mass is 10.2. The summed E-state index contributed by atoms with van der Waals surface area (Å²) in [5.41, 5.74) is 0.782. The maximum Gasteiger partial charge on any atom is 0.332 e. The van der Waals surface area contributed by atoms with E-state index < -0.39 is 0 Å². The lowest BCUT2D eigenvalue weighted by Gasteiger charge is -2.41. The molecule has 0 radical (unpaired) electrons. The first-order valence-corrected chi connectivity index (χ1v) is 10.4. The van der Waals surface area contributed by atoms with Crippen LogP contribution in [0.25, 0.3) is 11.2 Å². The summed E-state index contributed by atoms with van der Waals surface area (Å²) >= 11 is 0. The van der Waals surface area contributed by atoms with E-state index in [1.165, 1.54) is 11.6 Å². The number of aromatic nitrogens is 4. The van der Waals surface area contributed by atoms with Crippen molar-refractivity contribution in [1.29, 1.82) is 0 Å². The van der Waals surface area contributed by atoms with Gasteiger partial charge >= 0.3 is 5.69 Å². The second-order valence-corrected chi connectivity index (χ2v) is 7.63. The van der Waals surface area contributed by atoms with Crippen molar-refractivity contribution in [2.45, 2.75) is 26.7 Å². The van der Waals surface area contributed by atoms with E-state index in [1.54, 1.807) is 18.7 Å². The van der Waals surface area contributed by atoms with Gasteiger partial charge in [0.1, 0.15) is 17.5 Å². The Morgan fingerprint density at radius 2 is 1.73 bits per heavy atom. The Kier molecular flexibility index (Phi) is 6.60. The fraction of sp³-hybridized carbons (Fsp3) is 0.650. The van der Waals surface area contributed by atoms with Gasteiger partial charge in [0.05, 0.1) is 6.54 Å². The normalized spacial score (nSPS) is 15.4. The number of rotatable bonds is 7. The molecule has 0 atom stereocenters. The largest absolute Gasteiger partial charge is 0.363 e. The summed E-state index contributed by atoms with van der Waals surface area (Å²) in [6.07, 6.45) is 1.42. The van der Waals surface area contributed by atoms with Gasteiger partial charge in [-0.2, -0.15) is 0 Å². The van der Waals surface area contributed by atoms with Gasteiger partial charge in [0, 0.05) is 60.3 Å². The zero-order valence-electron chi connectivity index (χ0n) is 18.5. The Morgan fingerprint density at radius 1 is 1.03 bits per heavy atom. The first kappa shape index (κ1) is 22.0. The number of hydrazine groups is 1. The van der Waals surface area contributed by atoms with Crippen LogP contribution in [0.3, 0.4) is 0 Å². The Hall–Kier alpha value is -2.68. The van der Waals surface area contributed by atoms with Crippen LogP contribution in [-0.2, 0) is 32.4 Å². The first-order valence-electron chi connectivity index (χ1n) is 10.4. The van der Waals surface area contributed by atoms with Gasteiger partial charge in [0.25, 0.3) is 5.56 Å². The van der Waals surface area contributed by atoms with Crippen LogP contribution in [0.2, 0.25) is 0 Å². The SMILES string of the molecule is CCN(CC)N1CCN(CCCc2nc3c(c(=O)n(C)c(=O)n3C)n2C)C(=C=O)C1. The minimum atomic E-state index is -0.385. The Labute approximate surface area is 175 Å². The second kappa shape index (κ2) is 8.99. The van der Waals surface area contributed by atoms with E-state index in [0.29, 0.717) is 29.8 Å². The molecule has 3 heterocycles. The van der Waals surface area contributed by atoms with Gasteiger partial charge < -0.3 is 9.47 Å². The molecular weight excluding hydrogens is 386 g/mol. The van der Waals surface area contributed by atoms with E-state index in [4.69, 9.17) is 0 Å². The molecule has 0 aromatic carbocycles. The standard InChI is InChI=1S/C20H31N7O3/c1-6-26(7-2)27-12-11-25(15(13-27)14-28)10-8-9-16-21-18-17(22(16)3)19(29)24(5)20(30)23(18)4/h6-13H2,1-5H3. The Bertz CT molecular complexity index is 1090. The highest BCUT2D eigenvalue weighted by molar-refractivity contribution is 5.70. The van der Waals surface area contributed by atoms with Gasteiger partial charge in [-0.05, 0) is 6.42 Å².